The maximum atomic E-state index is 13.2. The zero-order chi connectivity index (χ0) is 16.9. The van der Waals surface area contributed by atoms with Gasteiger partial charge in [-0.2, -0.15) is 0 Å². The third-order valence-corrected chi connectivity index (χ3v) is 5.28. The molecule has 5 nitrogen and oxygen atoms in total. The Labute approximate surface area is 143 Å². The zero-order valence-electron chi connectivity index (χ0n) is 14.2. The Hall–Kier alpha value is -1.88. The van der Waals surface area contributed by atoms with Gasteiger partial charge in [0.1, 0.15) is 6.04 Å². The summed E-state index contributed by atoms with van der Waals surface area (Å²) in [5.74, 6) is 0.674. The van der Waals surface area contributed by atoms with E-state index in [1.807, 2.05) is 35.2 Å². The number of piperidine rings is 2. The summed E-state index contributed by atoms with van der Waals surface area (Å²) in [6, 6.07) is 9.24. The number of likely N-dealkylation sites (tertiary alicyclic amines) is 2. The van der Waals surface area contributed by atoms with Crippen LogP contribution in [0, 0.1) is 5.92 Å². The van der Waals surface area contributed by atoms with Crippen LogP contribution < -0.4 is 5.73 Å². The maximum absolute atomic E-state index is 13.2. The van der Waals surface area contributed by atoms with Crippen LogP contribution in [0.25, 0.3) is 0 Å². The van der Waals surface area contributed by atoms with Crippen molar-refractivity contribution in [1.29, 1.82) is 0 Å². The number of benzene rings is 1. The Morgan fingerprint density at radius 2 is 1.83 bits per heavy atom. The molecule has 24 heavy (non-hydrogen) atoms. The van der Waals surface area contributed by atoms with E-state index < -0.39 is 6.04 Å². The molecule has 2 aliphatic rings. The molecule has 0 saturated carbocycles. The van der Waals surface area contributed by atoms with Crippen molar-refractivity contribution in [3.05, 3.63) is 35.9 Å². The number of carbonyl (C=O) groups excluding carboxylic acids is 2. The molecule has 2 fully saturated rings. The highest BCUT2D eigenvalue weighted by atomic mass is 16.2. The average Bonchev–Trinajstić information content (AvgIpc) is 2.64. The quantitative estimate of drug-likeness (QED) is 0.918. The van der Waals surface area contributed by atoms with Crippen molar-refractivity contribution in [1.82, 2.24) is 9.80 Å². The summed E-state index contributed by atoms with van der Waals surface area (Å²) in [6.45, 7) is 2.84. The van der Waals surface area contributed by atoms with Crippen LogP contribution in [-0.2, 0) is 9.59 Å². The van der Waals surface area contributed by atoms with Crippen LogP contribution in [0.4, 0.5) is 0 Å². The number of hydrogen-bond acceptors (Lipinski definition) is 3. The minimum Gasteiger partial charge on any atom is -0.341 e. The first-order valence-electron chi connectivity index (χ1n) is 9.04. The maximum Gasteiger partial charge on any atom is 0.250 e. The topological polar surface area (TPSA) is 66.6 Å². The molecule has 130 valence electrons. The second kappa shape index (κ2) is 7.79. The van der Waals surface area contributed by atoms with E-state index in [9.17, 15) is 9.59 Å². The standard InChI is InChI=1S/C19H27N3O2/c20-14-15-9-12-21(13-10-15)19(24)18(16-6-2-1-3-7-16)22-11-5-4-8-17(22)23/h1-3,6-7,15,18H,4-5,8-14,20H2. The zero-order valence-corrected chi connectivity index (χ0v) is 14.2. The first kappa shape index (κ1) is 17.0. The van der Waals surface area contributed by atoms with E-state index in [0.717, 1.165) is 44.3 Å². The van der Waals surface area contributed by atoms with Crippen molar-refractivity contribution in [2.45, 2.75) is 38.1 Å². The minimum atomic E-state index is -0.478. The van der Waals surface area contributed by atoms with E-state index >= 15 is 0 Å². The van der Waals surface area contributed by atoms with E-state index in [0.29, 0.717) is 25.4 Å². The molecule has 2 N–H and O–H groups in total. The van der Waals surface area contributed by atoms with Crippen molar-refractivity contribution < 1.29 is 9.59 Å². The van der Waals surface area contributed by atoms with Crippen LogP contribution in [0.15, 0.2) is 30.3 Å². The predicted molar refractivity (Wildman–Crippen MR) is 93.1 cm³/mol. The lowest BCUT2D eigenvalue weighted by Gasteiger charge is -2.39. The number of amides is 2. The molecular weight excluding hydrogens is 302 g/mol. The van der Waals surface area contributed by atoms with Crippen molar-refractivity contribution in [3.8, 4) is 0 Å². The summed E-state index contributed by atoms with van der Waals surface area (Å²) in [5.41, 5.74) is 6.67. The Bertz CT molecular complexity index is 567. The number of nitrogens with zero attached hydrogens (tertiary/aromatic N) is 2. The molecule has 1 aromatic rings. The predicted octanol–water partition coefficient (Wildman–Crippen LogP) is 1.94. The Kier molecular flexibility index (Phi) is 5.51. The van der Waals surface area contributed by atoms with Crippen LogP contribution in [0.5, 0.6) is 0 Å². The fourth-order valence-corrected chi connectivity index (χ4v) is 3.75. The number of carbonyl (C=O) groups is 2. The molecule has 5 heteroatoms. The van der Waals surface area contributed by atoms with Gasteiger partial charge in [-0.15, -0.1) is 0 Å². The van der Waals surface area contributed by atoms with Gasteiger partial charge >= 0.3 is 0 Å². The highest BCUT2D eigenvalue weighted by molar-refractivity contribution is 5.89. The average molecular weight is 329 g/mol. The summed E-state index contributed by atoms with van der Waals surface area (Å²) < 4.78 is 0. The first-order chi connectivity index (χ1) is 11.7. The molecule has 2 aliphatic heterocycles. The summed E-state index contributed by atoms with van der Waals surface area (Å²) in [4.78, 5) is 29.4. The van der Waals surface area contributed by atoms with Gasteiger partial charge in [-0.1, -0.05) is 30.3 Å². The molecule has 1 aromatic carbocycles. The largest absolute Gasteiger partial charge is 0.341 e. The summed E-state index contributed by atoms with van der Waals surface area (Å²) in [6.07, 6.45) is 4.35. The molecular formula is C19H27N3O2. The summed E-state index contributed by atoms with van der Waals surface area (Å²) >= 11 is 0. The number of rotatable bonds is 4. The molecule has 1 unspecified atom stereocenters. The fraction of sp³-hybridized carbons (Fsp3) is 0.579. The van der Waals surface area contributed by atoms with Crippen molar-refractivity contribution in [3.63, 3.8) is 0 Å². The molecule has 2 saturated heterocycles. The molecule has 0 aliphatic carbocycles. The lowest BCUT2D eigenvalue weighted by molar-refractivity contribution is -0.148. The molecule has 2 heterocycles. The Morgan fingerprint density at radius 1 is 1.12 bits per heavy atom. The van der Waals surface area contributed by atoms with Gasteiger partial charge in [0.2, 0.25) is 11.8 Å². The van der Waals surface area contributed by atoms with Crippen molar-refractivity contribution >= 4 is 11.8 Å². The number of hydrogen-bond donors (Lipinski definition) is 1. The summed E-state index contributed by atoms with van der Waals surface area (Å²) in [5, 5.41) is 0. The smallest absolute Gasteiger partial charge is 0.250 e. The number of nitrogens with two attached hydrogens (primary N) is 1. The Morgan fingerprint density at radius 3 is 2.46 bits per heavy atom. The van der Waals surface area contributed by atoms with Gasteiger partial charge in [-0.3, -0.25) is 9.59 Å². The van der Waals surface area contributed by atoms with Gasteiger partial charge < -0.3 is 15.5 Å². The van der Waals surface area contributed by atoms with Crippen molar-refractivity contribution in [2.75, 3.05) is 26.2 Å². The van der Waals surface area contributed by atoms with E-state index in [1.165, 1.54) is 0 Å². The fourth-order valence-electron chi connectivity index (χ4n) is 3.75. The second-order valence-electron chi connectivity index (χ2n) is 6.86. The minimum absolute atomic E-state index is 0.0620. The highest BCUT2D eigenvalue weighted by Gasteiger charge is 2.36. The highest BCUT2D eigenvalue weighted by Crippen LogP contribution is 2.29. The van der Waals surface area contributed by atoms with Gasteiger partial charge in [0.15, 0.2) is 0 Å². The van der Waals surface area contributed by atoms with Gasteiger partial charge in [0, 0.05) is 26.1 Å². The molecule has 0 bridgehead atoms. The summed E-state index contributed by atoms with van der Waals surface area (Å²) in [7, 11) is 0. The molecule has 0 aromatic heterocycles. The van der Waals surface area contributed by atoms with Crippen LogP contribution in [0.2, 0.25) is 0 Å². The third-order valence-electron chi connectivity index (χ3n) is 5.28. The second-order valence-corrected chi connectivity index (χ2v) is 6.86. The van der Waals surface area contributed by atoms with Gasteiger partial charge in [-0.25, -0.2) is 0 Å². The molecule has 2 amide bonds. The molecule has 0 spiro atoms. The molecule has 0 radical (unpaired) electrons. The van der Waals surface area contributed by atoms with Crippen LogP contribution in [0.1, 0.15) is 43.7 Å². The van der Waals surface area contributed by atoms with Crippen molar-refractivity contribution in [2.24, 2.45) is 11.7 Å². The van der Waals surface area contributed by atoms with Gasteiger partial charge in [0.05, 0.1) is 0 Å². The van der Waals surface area contributed by atoms with E-state index in [4.69, 9.17) is 5.73 Å². The monoisotopic (exact) mass is 329 g/mol. The lowest BCUT2D eigenvalue weighted by atomic mass is 9.95. The lowest BCUT2D eigenvalue weighted by Crippen LogP contribution is -2.49. The van der Waals surface area contributed by atoms with Crippen LogP contribution >= 0.6 is 0 Å². The Balaban J connectivity index is 1.82. The van der Waals surface area contributed by atoms with Crippen LogP contribution in [-0.4, -0.2) is 47.8 Å². The normalized spacial score (nSPS) is 21.0. The van der Waals surface area contributed by atoms with Gasteiger partial charge in [-0.05, 0) is 43.7 Å². The van der Waals surface area contributed by atoms with Gasteiger partial charge in [0.25, 0.3) is 0 Å². The van der Waals surface area contributed by atoms with Crippen LogP contribution in [0.3, 0.4) is 0 Å². The molecule has 3 rings (SSSR count). The SMILES string of the molecule is NCC1CCN(C(=O)C(c2ccccc2)N2CCCCC2=O)CC1. The molecule has 1 atom stereocenters. The van der Waals surface area contributed by atoms with E-state index in [1.54, 1.807) is 4.90 Å². The van der Waals surface area contributed by atoms with E-state index in [2.05, 4.69) is 0 Å². The van der Waals surface area contributed by atoms with E-state index in [-0.39, 0.29) is 11.8 Å². The first-order valence-corrected chi connectivity index (χ1v) is 9.04. The third kappa shape index (κ3) is 3.61.